The Labute approximate surface area is 163 Å². The van der Waals surface area contributed by atoms with Crippen LogP contribution in [0.5, 0.6) is 0 Å². The second kappa shape index (κ2) is 9.00. The van der Waals surface area contributed by atoms with Crippen molar-refractivity contribution in [2.24, 2.45) is 0 Å². The SMILES string of the molecule is CC.Cc1ccc(-c2ccc(-c3ccc(-c4ccccc4)cc3)cc2)cc1. The highest BCUT2D eigenvalue weighted by atomic mass is 14.1. The highest BCUT2D eigenvalue weighted by molar-refractivity contribution is 5.73. The van der Waals surface area contributed by atoms with Gasteiger partial charge in [-0.2, -0.15) is 0 Å². The molecule has 0 aliphatic heterocycles. The summed E-state index contributed by atoms with van der Waals surface area (Å²) in [5, 5.41) is 0. The van der Waals surface area contributed by atoms with Crippen molar-refractivity contribution in [2.75, 3.05) is 0 Å². The van der Waals surface area contributed by atoms with Crippen molar-refractivity contribution in [1.29, 1.82) is 0 Å². The van der Waals surface area contributed by atoms with Crippen molar-refractivity contribution in [3.05, 3.63) is 109 Å². The van der Waals surface area contributed by atoms with Crippen LogP contribution in [0, 0.1) is 6.92 Å². The van der Waals surface area contributed by atoms with Crippen LogP contribution in [0.15, 0.2) is 103 Å². The summed E-state index contributed by atoms with van der Waals surface area (Å²) in [6.45, 7) is 6.12. The van der Waals surface area contributed by atoms with Gasteiger partial charge in [-0.3, -0.25) is 0 Å². The van der Waals surface area contributed by atoms with Crippen LogP contribution in [0.1, 0.15) is 19.4 Å². The summed E-state index contributed by atoms with van der Waals surface area (Å²) < 4.78 is 0. The summed E-state index contributed by atoms with van der Waals surface area (Å²) in [5.74, 6) is 0. The summed E-state index contributed by atoms with van der Waals surface area (Å²) in [6, 6.07) is 36.7. The maximum atomic E-state index is 2.20. The third kappa shape index (κ3) is 4.54. The van der Waals surface area contributed by atoms with Gasteiger partial charge in [0.15, 0.2) is 0 Å². The van der Waals surface area contributed by atoms with Crippen LogP contribution in [0.3, 0.4) is 0 Å². The zero-order valence-corrected chi connectivity index (χ0v) is 16.3. The lowest BCUT2D eigenvalue weighted by Crippen LogP contribution is -1.82. The fourth-order valence-electron chi connectivity index (χ4n) is 3.09. The molecule has 0 heterocycles. The molecule has 4 aromatic rings. The van der Waals surface area contributed by atoms with Gasteiger partial charge in [0.25, 0.3) is 0 Å². The molecule has 0 spiro atoms. The Hall–Kier alpha value is -3.12. The lowest BCUT2D eigenvalue weighted by Gasteiger charge is -2.07. The molecule has 0 bridgehead atoms. The molecule has 0 heteroatoms. The van der Waals surface area contributed by atoms with Crippen molar-refractivity contribution in [2.45, 2.75) is 20.8 Å². The average molecular weight is 351 g/mol. The van der Waals surface area contributed by atoms with Crippen LogP contribution in [-0.2, 0) is 0 Å². The van der Waals surface area contributed by atoms with Crippen molar-refractivity contribution in [3.63, 3.8) is 0 Å². The second-order valence-corrected chi connectivity index (χ2v) is 6.39. The molecule has 0 saturated carbocycles. The monoisotopic (exact) mass is 350 g/mol. The Bertz CT molecular complexity index is 945. The molecule has 0 atom stereocenters. The molecular formula is C27H26. The predicted molar refractivity (Wildman–Crippen MR) is 119 cm³/mol. The Morgan fingerprint density at radius 3 is 0.926 bits per heavy atom. The molecule has 27 heavy (non-hydrogen) atoms. The molecule has 0 radical (unpaired) electrons. The molecule has 0 aliphatic carbocycles. The third-order valence-corrected chi connectivity index (χ3v) is 4.60. The first-order valence-electron chi connectivity index (χ1n) is 9.62. The van der Waals surface area contributed by atoms with Crippen LogP contribution in [0.2, 0.25) is 0 Å². The normalized spacial score (nSPS) is 10.0. The summed E-state index contributed by atoms with van der Waals surface area (Å²) in [7, 11) is 0. The summed E-state index contributed by atoms with van der Waals surface area (Å²) in [4.78, 5) is 0. The van der Waals surface area contributed by atoms with Gasteiger partial charge in [0.2, 0.25) is 0 Å². The minimum absolute atomic E-state index is 1.25. The maximum absolute atomic E-state index is 2.20. The number of aryl methyl sites for hydroxylation is 1. The van der Waals surface area contributed by atoms with Gasteiger partial charge in [0.05, 0.1) is 0 Å². The van der Waals surface area contributed by atoms with Crippen molar-refractivity contribution >= 4 is 0 Å². The Balaban J connectivity index is 0.00000102. The lowest BCUT2D eigenvalue weighted by atomic mass is 9.98. The third-order valence-electron chi connectivity index (χ3n) is 4.60. The molecule has 0 amide bonds. The molecule has 0 aliphatic rings. The Morgan fingerprint density at radius 1 is 0.333 bits per heavy atom. The van der Waals surface area contributed by atoms with Crippen LogP contribution in [-0.4, -0.2) is 0 Å². The number of hydrogen-bond acceptors (Lipinski definition) is 0. The average Bonchev–Trinajstić information content (AvgIpc) is 2.77. The van der Waals surface area contributed by atoms with Crippen LogP contribution in [0.25, 0.3) is 33.4 Å². The van der Waals surface area contributed by atoms with Crippen molar-refractivity contribution in [3.8, 4) is 33.4 Å². The molecule has 4 rings (SSSR count). The van der Waals surface area contributed by atoms with Crippen LogP contribution >= 0.6 is 0 Å². The van der Waals surface area contributed by atoms with Gasteiger partial charge in [-0.05, 0) is 40.3 Å². The van der Waals surface area contributed by atoms with Gasteiger partial charge in [0, 0.05) is 0 Å². The van der Waals surface area contributed by atoms with E-state index in [1.165, 1.54) is 38.9 Å². The van der Waals surface area contributed by atoms with E-state index in [4.69, 9.17) is 0 Å². The van der Waals surface area contributed by atoms with E-state index in [-0.39, 0.29) is 0 Å². The molecule has 0 saturated heterocycles. The lowest BCUT2D eigenvalue weighted by molar-refractivity contribution is 1.47. The second-order valence-electron chi connectivity index (χ2n) is 6.39. The first kappa shape index (κ1) is 18.7. The summed E-state index contributed by atoms with van der Waals surface area (Å²) in [5.41, 5.74) is 8.80. The molecule has 0 aromatic heterocycles. The van der Waals surface area contributed by atoms with Crippen LogP contribution in [0.4, 0.5) is 0 Å². The molecule has 134 valence electrons. The zero-order chi connectivity index (χ0) is 19.1. The first-order valence-corrected chi connectivity index (χ1v) is 9.62. The molecule has 0 fully saturated rings. The highest BCUT2D eigenvalue weighted by Crippen LogP contribution is 2.27. The van der Waals surface area contributed by atoms with Gasteiger partial charge in [-0.25, -0.2) is 0 Å². The number of hydrogen-bond donors (Lipinski definition) is 0. The molecular weight excluding hydrogens is 324 g/mol. The topological polar surface area (TPSA) is 0 Å². The van der Waals surface area contributed by atoms with Gasteiger partial charge in [-0.1, -0.05) is 123 Å². The van der Waals surface area contributed by atoms with Gasteiger partial charge >= 0.3 is 0 Å². The molecule has 0 unspecified atom stereocenters. The van der Waals surface area contributed by atoms with E-state index in [1.54, 1.807) is 0 Å². The molecule has 4 aromatic carbocycles. The van der Waals surface area contributed by atoms with E-state index in [0.717, 1.165) is 0 Å². The quantitative estimate of drug-likeness (QED) is 0.351. The van der Waals surface area contributed by atoms with E-state index in [9.17, 15) is 0 Å². The van der Waals surface area contributed by atoms with Crippen molar-refractivity contribution in [1.82, 2.24) is 0 Å². The van der Waals surface area contributed by atoms with Gasteiger partial charge in [0.1, 0.15) is 0 Å². The first-order chi connectivity index (χ1) is 13.3. The highest BCUT2D eigenvalue weighted by Gasteiger charge is 2.02. The van der Waals surface area contributed by atoms with Crippen LogP contribution < -0.4 is 0 Å². The minimum Gasteiger partial charge on any atom is -0.0683 e. The van der Waals surface area contributed by atoms with E-state index >= 15 is 0 Å². The predicted octanol–water partition coefficient (Wildman–Crippen LogP) is 8.02. The van der Waals surface area contributed by atoms with E-state index < -0.39 is 0 Å². The van der Waals surface area contributed by atoms with Gasteiger partial charge < -0.3 is 0 Å². The zero-order valence-electron chi connectivity index (χ0n) is 16.3. The molecule has 0 N–H and O–H groups in total. The number of rotatable bonds is 3. The van der Waals surface area contributed by atoms with E-state index in [2.05, 4.69) is 104 Å². The van der Waals surface area contributed by atoms with E-state index in [0.29, 0.717) is 0 Å². The standard InChI is InChI=1S/C25H20.C2H6/c1-19-7-9-21(10-8-19)23-15-17-25(18-16-23)24-13-11-22(12-14-24)20-5-3-2-4-6-20;1-2/h2-18H,1H3;1-2H3. The van der Waals surface area contributed by atoms with Gasteiger partial charge in [-0.15, -0.1) is 0 Å². The fourth-order valence-corrected chi connectivity index (χ4v) is 3.09. The van der Waals surface area contributed by atoms with E-state index in [1.807, 2.05) is 19.9 Å². The maximum Gasteiger partial charge on any atom is -0.0184 e. The molecule has 0 nitrogen and oxygen atoms in total. The smallest absolute Gasteiger partial charge is 0.0184 e. The summed E-state index contributed by atoms with van der Waals surface area (Å²) in [6.07, 6.45) is 0. The Kier molecular flexibility index (Phi) is 6.22. The minimum atomic E-state index is 1.25. The Morgan fingerprint density at radius 2 is 0.593 bits per heavy atom. The van der Waals surface area contributed by atoms with Crippen molar-refractivity contribution < 1.29 is 0 Å². The largest absolute Gasteiger partial charge is 0.0683 e. The summed E-state index contributed by atoms with van der Waals surface area (Å²) >= 11 is 0. The number of benzene rings is 4. The fraction of sp³-hybridized carbons (Fsp3) is 0.111.